The molecule has 28 heavy (non-hydrogen) atoms. The van der Waals surface area contributed by atoms with E-state index < -0.39 is 0 Å². The molecule has 1 heterocycles. The lowest BCUT2D eigenvalue weighted by molar-refractivity contribution is 0.242. The number of hydrogen-bond donors (Lipinski definition) is 1. The van der Waals surface area contributed by atoms with Crippen LogP contribution in [0.4, 0.5) is 0 Å². The molecule has 0 radical (unpaired) electrons. The van der Waals surface area contributed by atoms with Crippen LogP contribution >= 0.6 is 0 Å². The van der Waals surface area contributed by atoms with Crippen LogP contribution in [0.1, 0.15) is 31.9 Å². The number of aromatic amines is 1. The Hall–Kier alpha value is -3.33. The van der Waals surface area contributed by atoms with Crippen LogP contribution in [-0.4, -0.2) is 17.3 Å². The maximum atomic E-state index is 5.65. The van der Waals surface area contributed by atoms with E-state index in [1.165, 1.54) is 10.9 Å². The van der Waals surface area contributed by atoms with Crippen LogP contribution in [0.2, 0.25) is 0 Å². The summed E-state index contributed by atoms with van der Waals surface area (Å²) in [5, 5.41) is 1.22. The van der Waals surface area contributed by atoms with Gasteiger partial charge in [-0.3, -0.25) is 4.99 Å². The van der Waals surface area contributed by atoms with E-state index >= 15 is 0 Å². The Labute approximate surface area is 166 Å². The minimum atomic E-state index is 0.185. The van der Waals surface area contributed by atoms with Crippen molar-refractivity contribution in [2.45, 2.75) is 26.9 Å². The van der Waals surface area contributed by atoms with Gasteiger partial charge in [0.25, 0.3) is 0 Å². The van der Waals surface area contributed by atoms with Gasteiger partial charge in [-0.05, 0) is 79.3 Å². The zero-order valence-electron chi connectivity index (χ0n) is 16.6. The normalized spacial score (nSPS) is 12.9. The molecule has 0 unspecified atom stereocenters. The van der Waals surface area contributed by atoms with Crippen LogP contribution in [0.25, 0.3) is 22.6 Å². The molecule has 0 aliphatic carbocycles. The van der Waals surface area contributed by atoms with Gasteiger partial charge in [0.05, 0.1) is 6.10 Å². The lowest BCUT2D eigenvalue weighted by Crippen LogP contribution is -2.05. The van der Waals surface area contributed by atoms with Gasteiger partial charge in [-0.15, -0.1) is 0 Å². The van der Waals surface area contributed by atoms with Gasteiger partial charge in [0, 0.05) is 24.1 Å². The minimum Gasteiger partial charge on any atom is -0.491 e. The number of rotatable bonds is 7. The SMILES string of the molecule is C\C=C(/C=C\C=N\C=C\c1ccc(OC(C)C)cc1)c1ccc2cc[nH]c2c1. The molecule has 0 aliphatic heterocycles. The van der Waals surface area contributed by atoms with E-state index in [1.54, 1.807) is 12.4 Å². The molecule has 0 atom stereocenters. The van der Waals surface area contributed by atoms with Gasteiger partial charge in [0.15, 0.2) is 0 Å². The fourth-order valence-corrected chi connectivity index (χ4v) is 2.89. The molecule has 0 amide bonds. The summed E-state index contributed by atoms with van der Waals surface area (Å²) < 4.78 is 5.65. The van der Waals surface area contributed by atoms with Gasteiger partial charge < -0.3 is 9.72 Å². The second-order valence-corrected chi connectivity index (χ2v) is 6.73. The van der Waals surface area contributed by atoms with Gasteiger partial charge in [-0.1, -0.05) is 36.4 Å². The third-order valence-corrected chi connectivity index (χ3v) is 4.25. The number of hydrogen-bond acceptors (Lipinski definition) is 2. The highest BCUT2D eigenvalue weighted by atomic mass is 16.5. The standard InChI is InChI=1S/C25H26N2O/c1-4-21(23-10-9-22-14-17-27-25(22)18-23)6-5-15-26-16-13-20-7-11-24(12-8-20)28-19(2)3/h4-19,27H,1-3H3/b6-5-,16-13+,21-4+,26-15+. The van der Waals surface area contributed by atoms with Crippen molar-refractivity contribution in [3.63, 3.8) is 0 Å². The third-order valence-electron chi connectivity index (χ3n) is 4.25. The van der Waals surface area contributed by atoms with E-state index in [0.29, 0.717) is 0 Å². The molecular formula is C25H26N2O. The number of nitrogens with zero attached hydrogens (tertiary/aromatic N) is 1. The van der Waals surface area contributed by atoms with Crippen LogP contribution in [0.5, 0.6) is 5.75 Å². The van der Waals surface area contributed by atoms with Crippen molar-refractivity contribution < 1.29 is 4.74 Å². The molecule has 142 valence electrons. The molecule has 3 heteroatoms. The van der Waals surface area contributed by atoms with Gasteiger partial charge in [-0.2, -0.15) is 0 Å². The van der Waals surface area contributed by atoms with E-state index in [9.17, 15) is 0 Å². The molecule has 3 aromatic rings. The van der Waals surface area contributed by atoms with Crippen molar-refractivity contribution >= 4 is 28.8 Å². The summed E-state index contributed by atoms with van der Waals surface area (Å²) in [6.45, 7) is 6.09. The predicted octanol–water partition coefficient (Wildman–Crippen LogP) is 6.66. The van der Waals surface area contributed by atoms with Crippen molar-refractivity contribution in [3.8, 4) is 5.75 Å². The molecule has 1 N–H and O–H groups in total. The number of nitrogens with one attached hydrogen (secondary N) is 1. The molecule has 0 spiro atoms. The first kappa shape index (κ1) is 19.4. The van der Waals surface area contributed by atoms with Crippen LogP contribution in [0, 0.1) is 0 Å². The van der Waals surface area contributed by atoms with Gasteiger partial charge in [-0.25, -0.2) is 0 Å². The number of ether oxygens (including phenoxy) is 1. The van der Waals surface area contributed by atoms with Gasteiger partial charge in [0.1, 0.15) is 5.75 Å². The highest BCUT2D eigenvalue weighted by Crippen LogP contribution is 2.21. The quantitative estimate of drug-likeness (QED) is 0.366. The topological polar surface area (TPSA) is 37.4 Å². The maximum Gasteiger partial charge on any atom is 0.119 e. The van der Waals surface area contributed by atoms with Crippen LogP contribution < -0.4 is 4.74 Å². The lowest BCUT2D eigenvalue weighted by atomic mass is 10.0. The Kier molecular flexibility index (Phi) is 6.64. The molecule has 3 nitrogen and oxygen atoms in total. The summed E-state index contributed by atoms with van der Waals surface area (Å²) in [7, 11) is 0. The highest BCUT2D eigenvalue weighted by molar-refractivity contribution is 5.87. The molecule has 0 aliphatic rings. The van der Waals surface area contributed by atoms with Crippen molar-refractivity contribution in [3.05, 3.63) is 90.3 Å². The van der Waals surface area contributed by atoms with Crippen LogP contribution in [0.15, 0.2) is 84.1 Å². The van der Waals surface area contributed by atoms with Crippen LogP contribution in [0.3, 0.4) is 0 Å². The third kappa shape index (κ3) is 5.34. The number of H-pyrrole nitrogens is 1. The summed E-state index contributed by atoms with van der Waals surface area (Å²) in [4.78, 5) is 7.58. The van der Waals surface area contributed by atoms with Crippen molar-refractivity contribution in [1.29, 1.82) is 0 Å². The Bertz CT molecular complexity index is 1020. The van der Waals surface area contributed by atoms with Crippen LogP contribution in [-0.2, 0) is 0 Å². The molecule has 3 rings (SSSR count). The van der Waals surface area contributed by atoms with Crippen molar-refractivity contribution in [2.24, 2.45) is 4.99 Å². The lowest BCUT2D eigenvalue weighted by Gasteiger charge is -2.09. The number of fused-ring (bicyclic) bond motifs is 1. The van der Waals surface area contributed by atoms with Gasteiger partial charge >= 0.3 is 0 Å². The second kappa shape index (κ2) is 9.56. The van der Waals surface area contributed by atoms with E-state index in [1.807, 2.05) is 63.4 Å². The Morgan fingerprint density at radius 1 is 1.07 bits per heavy atom. The molecule has 2 aromatic carbocycles. The van der Waals surface area contributed by atoms with E-state index in [-0.39, 0.29) is 6.10 Å². The predicted molar refractivity (Wildman–Crippen MR) is 121 cm³/mol. The zero-order chi connectivity index (χ0) is 19.8. The van der Waals surface area contributed by atoms with Crippen molar-refractivity contribution in [1.82, 2.24) is 4.98 Å². The molecular weight excluding hydrogens is 344 g/mol. The summed E-state index contributed by atoms with van der Waals surface area (Å²) in [5.74, 6) is 0.884. The summed E-state index contributed by atoms with van der Waals surface area (Å²) >= 11 is 0. The van der Waals surface area contributed by atoms with E-state index in [2.05, 4.69) is 46.4 Å². The average Bonchev–Trinajstić information content (AvgIpc) is 3.16. The number of allylic oxidation sites excluding steroid dienone is 4. The average molecular weight is 370 g/mol. The van der Waals surface area contributed by atoms with E-state index in [4.69, 9.17) is 4.74 Å². The first-order valence-electron chi connectivity index (χ1n) is 9.52. The first-order valence-corrected chi connectivity index (χ1v) is 9.52. The molecule has 1 aromatic heterocycles. The summed E-state index contributed by atoms with van der Waals surface area (Å²) in [6, 6.07) is 16.5. The van der Waals surface area contributed by atoms with Crippen molar-refractivity contribution in [2.75, 3.05) is 0 Å². The fraction of sp³-hybridized carbons (Fsp3) is 0.160. The second-order valence-electron chi connectivity index (χ2n) is 6.73. The number of aliphatic imine (C=N–C) groups is 1. The molecule has 0 saturated heterocycles. The largest absolute Gasteiger partial charge is 0.491 e. The first-order chi connectivity index (χ1) is 13.7. The molecule has 0 bridgehead atoms. The Balaban J connectivity index is 1.58. The number of aromatic nitrogens is 1. The Morgan fingerprint density at radius 3 is 2.64 bits per heavy atom. The monoisotopic (exact) mass is 370 g/mol. The molecule has 0 fully saturated rings. The highest BCUT2D eigenvalue weighted by Gasteiger charge is 2.00. The van der Waals surface area contributed by atoms with E-state index in [0.717, 1.165) is 22.4 Å². The maximum absolute atomic E-state index is 5.65. The minimum absolute atomic E-state index is 0.185. The number of benzene rings is 2. The van der Waals surface area contributed by atoms with Gasteiger partial charge in [0.2, 0.25) is 0 Å². The summed E-state index contributed by atoms with van der Waals surface area (Å²) in [6.07, 6.45) is 13.8. The zero-order valence-corrected chi connectivity index (χ0v) is 16.6. The smallest absolute Gasteiger partial charge is 0.119 e. The summed E-state index contributed by atoms with van der Waals surface area (Å²) in [5.41, 5.74) is 4.58. The molecule has 0 saturated carbocycles. The Morgan fingerprint density at radius 2 is 1.89 bits per heavy atom. The fourth-order valence-electron chi connectivity index (χ4n) is 2.89.